The maximum absolute atomic E-state index is 11.2. The Morgan fingerprint density at radius 2 is 2.00 bits per heavy atom. The van der Waals surface area contributed by atoms with Gasteiger partial charge in [0.2, 0.25) is 0 Å². The van der Waals surface area contributed by atoms with E-state index >= 15 is 0 Å². The van der Waals surface area contributed by atoms with Crippen molar-refractivity contribution in [2.24, 2.45) is 17.6 Å². The SMILES string of the molecule is CC(C)C(=O)[C@@H](N)C1CC1. The van der Waals surface area contributed by atoms with Crippen molar-refractivity contribution in [1.82, 2.24) is 0 Å². The number of Topliss-reactive ketones (excluding diaryl/α,β-unsaturated/α-hetero) is 1. The first-order valence-corrected chi connectivity index (χ1v) is 3.92. The van der Waals surface area contributed by atoms with E-state index in [-0.39, 0.29) is 17.7 Å². The zero-order chi connectivity index (χ0) is 7.72. The highest BCUT2D eigenvalue weighted by Gasteiger charge is 2.33. The number of ketones is 1. The largest absolute Gasteiger partial charge is 0.321 e. The van der Waals surface area contributed by atoms with E-state index in [1.165, 1.54) is 0 Å². The third-order valence-electron chi connectivity index (χ3n) is 2.03. The lowest BCUT2D eigenvalue weighted by atomic mass is 9.99. The van der Waals surface area contributed by atoms with Gasteiger partial charge in [-0.1, -0.05) is 13.8 Å². The van der Waals surface area contributed by atoms with E-state index in [0.717, 1.165) is 12.8 Å². The van der Waals surface area contributed by atoms with E-state index in [1.54, 1.807) is 0 Å². The molecule has 0 aromatic heterocycles. The summed E-state index contributed by atoms with van der Waals surface area (Å²) in [6.45, 7) is 3.81. The second kappa shape index (κ2) is 2.70. The number of rotatable bonds is 3. The molecular formula is C8H15NO. The summed E-state index contributed by atoms with van der Waals surface area (Å²) in [7, 11) is 0. The Labute approximate surface area is 61.8 Å². The zero-order valence-electron chi connectivity index (χ0n) is 6.63. The molecule has 10 heavy (non-hydrogen) atoms. The number of nitrogens with two attached hydrogens (primary N) is 1. The first kappa shape index (κ1) is 7.73. The third kappa shape index (κ3) is 1.57. The lowest BCUT2D eigenvalue weighted by Gasteiger charge is -2.10. The number of hydrogen-bond acceptors (Lipinski definition) is 2. The van der Waals surface area contributed by atoms with Crippen molar-refractivity contribution >= 4 is 5.78 Å². The molecule has 1 saturated carbocycles. The van der Waals surface area contributed by atoms with Crippen LogP contribution < -0.4 is 5.73 Å². The van der Waals surface area contributed by atoms with Gasteiger partial charge in [0, 0.05) is 5.92 Å². The second-order valence-electron chi connectivity index (χ2n) is 3.42. The van der Waals surface area contributed by atoms with Gasteiger partial charge in [-0.15, -0.1) is 0 Å². The van der Waals surface area contributed by atoms with Gasteiger partial charge in [-0.3, -0.25) is 4.79 Å². The average molecular weight is 141 g/mol. The summed E-state index contributed by atoms with van der Waals surface area (Å²) in [5, 5.41) is 0. The molecule has 0 amide bonds. The van der Waals surface area contributed by atoms with Gasteiger partial charge in [0.1, 0.15) is 0 Å². The van der Waals surface area contributed by atoms with Crippen LogP contribution in [-0.2, 0) is 4.79 Å². The van der Waals surface area contributed by atoms with Crippen LogP contribution in [-0.4, -0.2) is 11.8 Å². The smallest absolute Gasteiger partial charge is 0.152 e. The van der Waals surface area contributed by atoms with Crippen LogP contribution in [0.4, 0.5) is 0 Å². The van der Waals surface area contributed by atoms with Crippen LogP contribution in [0.3, 0.4) is 0 Å². The Morgan fingerprint density at radius 3 is 2.30 bits per heavy atom. The average Bonchev–Trinajstić information content (AvgIpc) is 2.65. The maximum atomic E-state index is 11.2. The Bertz CT molecular complexity index is 138. The lowest BCUT2D eigenvalue weighted by Crippen LogP contribution is -2.35. The molecule has 1 fully saturated rings. The molecule has 1 aliphatic rings. The van der Waals surface area contributed by atoms with E-state index in [9.17, 15) is 4.79 Å². The molecule has 0 aliphatic heterocycles. The van der Waals surface area contributed by atoms with Crippen molar-refractivity contribution in [2.75, 3.05) is 0 Å². The van der Waals surface area contributed by atoms with Gasteiger partial charge in [-0.2, -0.15) is 0 Å². The minimum atomic E-state index is -0.167. The van der Waals surface area contributed by atoms with Crippen LogP contribution >= 0.6 is 0 Å². The molecule has 0 radical (unpaired) electrons. The molecule has 1 atom stereocenters. The van der Waals surface area contributed by atoms with Crippen molar-refractivity contribution < 1.29 is 4.79 Å². The first-order valence-electron chi connectivity index (χ1n) is 3.92. The molecule has 0 aromatic rings. The molecule has 2 nitrogen and oxygen atoms in total. The summed E-state index contributed by atoms with van der Waals surface area (Å²) in [6.07, 6.45) is 2.30. The fourth-order valence-corrected chi connectivity index (χ4v) is 1.07. The summed E-state index contributed by atoms with van der Waals surface area (Å²) in [4.78, 5) is 11.2. The van der Waals surface area contributed by atoms with E-state index in [1.807, 2.05) is 13.8 Å². The molecule has 0 spiro atoms. The van der Waals surface area contributed by atoms with Gasteiger partial charge in [0.15, 0.2) is 5.78 Å². The summed E-state index contributed by atoms with van der Waals surface area (Å²) < 4.78 is 0. The minimum Gasteiger partial charge on any atom is -0.321 e. The monoisotopic (exact) mass is 141 g/mol. The van der Waals surface area contributed by atoms with Crippen LogP contribution in [0.5, 0.6) is 0 Å². The zero-order valence-corrected chi connectivity index (χ0v) is 6.63. The fourth-order valence-electron chi connectivity index (χ4n) is 1.07. The second-order valence-corrected chi connectivity index (χ2v) is 3.42. The quantitative estimate of drug-likeness (QED) is 0.636. The van der Waals surface area contributed by atoms with E-state index in [4.69, 9.17) is 5.73 Å². The topological polar surface area (TPSA) is 43.1 Å². The van der Waals surface area contributed by atoms with Gasteiger partial charge in [-0.25, -0.2) is 0 Å². The molecule has 0 aromatic carbocycles. The molecule has 0 saturated heterocycles. The van der Waals surface area contributed by atoms with Crippen LogP contribution in [0, 0.1) is 11.8 Å². The molecule has 0 bridgehead atoms. The van der Waals surface area contributed by atoms with Gasteiger partial charge < -0.3 is 5.73 Å². The standard InChI is InChI=1S/C8H15NO/c1-5(2)8(10)7(9)6-3-4-6/h5-7H,3-4,9H2,1-2H3/t7-/m0/s1. The maximum Gasteiger partial charge on any atom is 0.152 e. The highest BCUT2D eigenvalue weighted by atomic mass is 16.1. The Balaban J connectivity index is 2.38. The highest BCUT2D eigenvalue weighted by Crippen LogP contribution is 2.32. The summed E-state index contributed by atoms with van der Waals surface area (Å²) in [5.74, 6) is 0.841. The van der Waals surface area contributed by atoms with E-state index in [0.29, 0.717) is 5.92 Å². The minimum absolute atomic E-state index is 0.107. The molecule has 0 heterocycles. The molecule has 2 heteroatoms. The molecule has 1 rings (SSSR count). The predicted molar refractivity (Wildman–Crippen MR) is 40.5 cm³/mol. The van der Waals surface area contributed by atoms with Crippen molar-refractivity contribution in [3.63, 3.8) is 0 Å². The number of hydrogen-bond donors (Lipinski definition) is 1. The summed E-state index contributed by atoms with van der Waals surface area (Å²) >= 11 is 0. The lowest BCUT2D eigenvalue weighted by molar-refractivity contribution is -0.123. The van der Waals surface area contributed by atoms with Crippen molar-refractivity contribution in [1.29, 1.82) is 0 Å². The molecule has 58 valence electrons. The van der Waals surface area contributed by atoms with Crippen molar-refractivity contribution in [3.8, 4) is 0 Å². The summed E-state index contributed by atoms with van der Waals surface area (Å²) in [5.41, 5.74) is 5.67. The van der Waals surface area contributed by atoms with Crippen LogP contribution in [0.15, 0.2) is 0 Å². The molecule has 1 aliphatic carbocycles. The number of carbonyl (C=O) groups is 1. The molecular weight excluding hydrogens is 126 g/mol. The first-order chi connectivity index (χ1) is 4.63. The Kier molecular flexibility index (Phi) is 2.09. The molecule has 2 N–H and O–H groups in total. The third-order valence-corrected chi connectivity index (χ3v) is 2.03. The number of carbonyl (C=O) groups excluding carboxylic acids is 1. The summed E-state index contributed by atoms with van der Waals surface area (Å²) in [6, 6.07) is -0.167. The van der Waals surface area contributed by atoms with Gasteiger partial charge >= 0.3 is 0 Å². The predicted octanol–water partition coefficient (Wildman–Crippen LogP) is 0.949. The molecule has 0 unspecified atom stereocenters. The fraction of sp³-hybridized carbons (Fsp3) is 0.875. The van der Waals surface area contributed by atoms with E-state index in [2.05, 4.69) is 0 Å². The van der Waals surface area contributed by atoms with Crippen LogP contribution in [0.1, 0.15) is 26.7 Å². The van der Waals surface area contributed by atoms with Crippen LogP contribution in [0.2, 0.25) is 0 Å². The van der Waals surface area contributed by atoms with E-state index < -0.39 is 0 Å². The van der Waals surface area contributed by atoms with Gasteiger partial charge in [-0.05, 0) is 18.8 Å². The van der Waals surface area contributed by atoms with Crippen LogP contribution in [0.25, 0.3) is 0 Å². The Morgan fingerprint density at radius 1 is 1.50 bits per heavy atom. The van der Waals surface area contributed by atoms with Crippen molar-refractivity contribution in [2.45, 2.75) is 32.7 Å². The Hall–Kier alpha value is -0.370. The van der Waals surface area contributed by atoms with Crippen molar-refractivity contribution in [3.05, 3.63) is 0 Å². The highest BCUT2D eigenvalue weighted by molar-refractivity contribution is 5.86. The van der Waals surface area contributed by atoms with Gasteiger partial charge in [0.05, 0.1) is 6.04 Å². The normalized spacial score (nSPS) is 21.2. The van der Waals surface area contributed by atoms with Gasteiger partial charge in [0.25, 0.3) is 0 Å².